The van der Waals surface area contributed by atoms with Gasteiger partial charge in [-0.25, -0.2) is 0 Å². The summed E-state index contributed by atoms with van der Waals surface area (Å²) in [4.78, 5) is 10.8. The minimum atomic E-state index is -0.0678. The molecule has 0 fully saturated rings. The maximum Gasteiger partial charge on any atom is 0.246 e. The van der Waals surface area contributed by atoms with Crippen molar-refractivity contribution >= 4 is 18.5 Å². The van der Waals surface area contributed by atoms with E-state index >= 15 is 0 Å². The molecule has 3 heteroatoms. The lowest BCUT2D eigenvalue weighted by Gasteiger charge is -2.01. The Morgan fingerprint density at radius 1 is 1.70 bits per heavy atom. The first-order chi connectivity index (χ1) is 4.68. The first kappa shape index (κ1) is 9.56. The average molecular weight is 159 g/mol. The molecule has 0 bridgehead atoms. The van der Waals surface area contributed by atoms with Crippen LogP contribution in [-0.2, 0) is 4.79 Å². The number of carbonyl (C=O) groups is 1. The number of thiol groups is 1. The van der Waals surface area contributed by atoms with E-state index in [1.165, 1.54) is 0 Å². The lowest BCUT2D eigenvalue weighted by Crippen LogP contribution is -2.24. The van der Waals surface area contributed by atoms with Crippen molar-refractivity contribution in [1.82, 2.24) is 5.32 Å². The molecule has 2 nitrogen and oxygen atoms in total. The number of amides is 1. The Balaban J connectivity index is 3.31. The molecule has 1 amide bonds. The predicted octanol–water partition coefficient (Wildman–Crippen LogP) is 0.999. The maximum atomic E-state index is 10.8. The molecule has 0 saturated heterocycles. The minimum Gasteiger partial charge on any atom is -0.352 e. The van der Waals surface area contributed by atoms with E-state index in [1.807, 2.05) is 0 Å². The van der Waals surface area contributed by atoms with Crippen LogP contribution < -0.4 is 5.32 Å². The van der Waals surface area contributed by atoms with Crippen LogP contribution in [0.5, 0.6) is 0 Å². The van der Waals surface area contributed by atoms with Crippen LogP contribution in [0.3, 0.4) is 0 Å². The normalized spacial score (nSPS) is 9.00. The second-order valence-electron chi connectivity index (χ2n) is 2.11. The fourth-order valence-electron chi connectivity index (χ4n) is 0.432. The van der Waals surface area contributed by atoms with E-state index in [-0.39, 0.29) is 5.91 Å². The minimum absolute atomic E-state index is 0.0678. The number of nitrogens with one attached hydrogen (secondary N) is 1. The molecule has 0 heterocycles. The van der Waals surface area contributed by atoms with Gasteiger partial charge in [-0.1, -0.05) is 6.58 Å². The lowest BCUT2D eigenvalue weighted by atomic mass is 10.3. The van der Waals surface area contributed by atoms with E-state index in [2.05, 4.69) is 24.5 Å². The largest absolute Gasteiger partial charge is 0.352 e. The van der Waals surface area contributed by atoms with Crippen molar-refractivity contribution in [3.8, 4) is 0 Å². The summed E-state index contributed by atoms with van der Waals surface area (Å²) in [6.07, 6.45) is 0.905. The Hall–Kier alpha value is -0.440. The molecule has 1 N–H and O–H groups in total. The van der Waals surface area contributed by atoms with E-state index in [0.717, 1.165) is 12.2 Å². The maximum absolute atomic E-state index is 10.8. The van der Waals surface area contributed by atoms with Crippen molar-refractivity contribution in [2.24, 2.45) is 0 Å². The smallest absolute Gasteiger partial charge is 0.246 e. The van der Waals surface area contributed by atoms with Crippen LogP contribution in [0.4, 0.5) is 0 Å². The van der Waals surface area contributed by atoms with E-state index < -0.39 is 0 Å². The van der Waals surface area contributed by atoms with Gasteiger partial charge in [0.25, 0.3) is 0 Å². The van der Waals surface area contributed by atoms with Gasteiger partial charge in [0.1, 0.15) is 0 Å². The Morgan fingerprint density at radius 2 is 2.30 bits per heavy atom. The molecule has 0 radical (unpaired) electrons. The highest BCUT2D eigenvalue weighted by atomic mass is 32.1. The van der Waals surface area contributed by atoms with Crippen molar-refractivity contribution in [3.05, 3.63) is 12.2 Å². The second kappa shape index (κ2) is 5.35. The zero-order chi connectivity index (χ0) is 7.98. The van der Waals surface area contributed by atoms with Gasteiger partial charge in [0.2, 0.25) is 5.91 Å². The number of carbonyl (C=O) groups excluding carboxylic acids is 1. The highest BCUT2D eigenvalue weighted by molar-refractivity contribution is 7.80. The molecule has 0 rings (SSSR count). The van der Waals surface area contributed by atoms with Crippen LogP contribution in [0.1, 0.15) is 13.3 Å². The van der Waals surface area contributed by atoms with Crippen molar-refractivity contribution in [3.63, 3.8) is 0 Å². The van der Waals surface area contributed by atoms with Crippen molar-refractivity contribution in [2.45, 2.75) is 13.3 Å². The van der Waals surface area contributed by atoms with Gasteiger partial charge in [0.05, 0.1) is 0 Å². The third kappa shape index (κ3) is 4.44. The standard InChI is InChI=1S/C7H13NOS/c1-6(2)7(9)8-4-3-5-10/h10H,1,3-5H2,2H3,(H,8,9). The molecule has 0 aromatic carbocycles. The SMILES string of the molecule is C=C(C)C(=O)NCCCS. The van der Waals surface area contributed by atoms with Gasteiger partial charge in [0.15, 0.2) is 0 Å². The molecule has 10 heavy (non-hydrogen) atoms. The summed E-state index contributed by atoms with van der Waals surface area (Å²) in [6, 6.07) is 0. The molecule has 0 aliphatic heterocycles. The van der Waals surface area contributed by atoms with Crippen LogP contribution in [0.25, 0.3) is 0 Å². The molecule has 58 valence electrons. The average Bonchev–Trinajstić information content (AvgIpc) is 1.88. The van der Waals surface area contributed by atoms with Gasteiger partial charge >= 0.3 is 0 Å². The van der Waals surface area contributed by atoms with Crippen LogP contribution in [0, 0.1) is 0 Å². The summed E-state index contributed by atoms with van der Waals surface area (Å²) in [6.45, 7) is 5.88. The molecule has 0 saturated carbocycles. The lowest BCUT2D eigenvalue weighted by molar-refractivity contribution is -0.117. The fourth-order valence-corrected chi connectivity index (χ4v) is 0.590. The molecule has 0 atom stereocenters. The van der Waals surface area contributed by atoms with Crippen LogP contribution in [0.15, 0.2) is 12.2 Å². The Labute approximate surface area is 67.1 Å². The summed E-state index contributed by atoms with van der Waals surface area (Å²) in [5, 5.41) is 2.70. The van der Waals surface area contributed by atoms with E-state index in [0.29, 0.717) is 12.1 Å². The summed E-state index contributed by atoms with van der Waals surface area (Å²) in [5.74, 6) is 0.734. The Bertz CT molecular complexity index is 134. The van der Waals surface area contributed by atoms with Gasteiger partial charge in [-0.2, -0.15) is 12.6 Å². The van der Waals surface area contributed by atoms with Gasteiger partial charge in [0, 0.05) is 12.1 Å². The van der Waals surface area contributed by atoms with Crippen molar-refractivity contribution < 1.29 is 4.79 Å². The van der Waals surface area contributed by atoms with Crippen molar-refractivity contribution in [1.29, 1.82) is 0 Å². The predicted molar refractivity (Wildman–Crippen MR) is 46.3 cm³/mol. The van der Waals surface area contributed by atoms with Crippen molar-refractivity contribution in [2.75, 3.05) is 12.3 Å². The molecule has 0 aliphatic rings. The van der Waals surface area contributed by atoms with Crippen LogP contribution >= 0.6 is 12.6 Å². The molecule has 0 spiro atoms. The molecule has 0 aliphatic carbocycles. The highest BCUT2D eigenvalue weighted by Gasteiger charge is 1.97. The topological polar surface area (TPSA) is 29.1 Å². The fraction of sp³-hybridized carbons (Fsp3) is 0.571. The van der Waals surface area contributed by atoms with E-state index in [9.17, 15) is 4.79 Å². The van der Waals surface area contributed by atoms with Gasteiger partial charge < -0.3 is 5.32 Å². The molecule has 0 aromatic heterocycles. The second-order valence-corrected chi connectivity index (χ2v) is 2.56. The summed E-state index contributed by atoms with van der Waals surface area (Å²) < 4.78 is 0. The van der Waals surface area contributed by atoms with Crippen LogP contribution in [0.2, 0.25) is 0 Å². The van der Waals surface area contributed by atoms with Gasteiger partial charge in [-0.05, 0) is 19.1 Å². The van der Waals surface area contributed by atoms with E-state index in [4.69, 9.17) is 0 Å². The molecule has 0 unspecified atom stereocenters. The third-order valence-electron chi connectivity index (χ3n) is 1.01. The van der Waals surface area contributed by atoms with E-state index in [1.54, 1.807) is 6.92 Å². The Morgan fingerprint density at radius 3 is 2.70 bits per heavy atom. The summed E-state index contributed by atoms with van der Waals surface area (Å²) in [5.41, 5.74) is 0.555. The monoisotopic (exact) mass is 159 g/mol. The summed E-state index contributed by atoms with van der Waals surface area (Å²) >= 11 is 4.00. The van der Waals surface area contributed by atoms with Gasteiger partial charge in [-0.3, -0.25) is 4.79 Å². The van der Waals surface area contributed by atoms with Gasteiger partial charge in [-0.15, -0.1) is 0 Å². The van der Waals surface area contributed by atoms with Crippen LogP contribution in [-0.4, -0.2) is 18.2 Å². The first-order valence-electron chi connectivity index (χ1n) is 3.23. The zero-order valence-electron chi connectivity index (χ0n) is 6.18. The number of hydrogen-bond acceptors (Lipinski definition) is 2. The zero-order valence-corrected chi connectivity index (χ0v) is 7.08. The summed E-state index contributed by atoms with van der Waals surface area (Å²) in [7, 11) is 0. The number of hydrogen-bond donors (Lipinski definition) is 2. The first-order valence-corrected chi connectivity index (χ1v) is 3.86. The number of rotatable bonds is 4. The third-order valence-corrected chi connectivity index (χ3v) is 1.32. The molecular weight excluding hydrogens is 146 g/mol. The highest BCUT2D eigenvalue weighted by Crippen LogP contribution is 1.86. The molecule has 0 aromatic rings. The Kier molecular flexibility index (Phi) is 5.12. The molecular formula is C7H13NOS. The quantitative estimate of drug-likeness (QED) is 0.357.